The fourth-order valence-electron chi connectivity index (χ4n) is 3.61. The summed E-state index contributed by atoms with van der Waals surface area (Å²) < 4.78 is 6.10. The van der Waals surface area contributed by atoms with E-state index in [2.05, 4.69) is 5.32 Å². The van der Waals surface area contributed by atoms with Crippen LogP contribution in [0.15, 0.2) is 52.9 Å². The van der Waals surface area contributed by atoms with Crippen LogP contribution < -0.4 is 5.32 Å². The summed E-state index contributed by atoms with van der Waals surface area (Å²) in [5, 5.41) is 16.6. The van der Waals surface area contributed by atoms with Crippen molar-refractivity contribution in [2.45, 2.75) is 5.92 Å². The highest BCUT2D eigenvalue weighted by Gasteiger charge is 2.24. The fraction of sp³-hybridized carbons (Fsp3) is 0.143. The third-order valence-electron chi connectivity index (χ3n) is 5.10. The number of para-hydroxylation sites is 1. The van der Waals surface area contributed by atoms with Gasteiger partial charge in [0.1, 0.15) is 16.9 Å². The molecule has 4 aromatic rings. The number of rotatable bonds is 2. The van der Waals surface area contributed by atoms with E-state index in [0.29, 0.717) is 32.7 Å². The number of phenols is 1. The Morgan fingerprint density at radius 3 is 2.58 bits per heavy atom. The molecule has 130 valence electrons. The summed E-state index contributed by atoms with van der Waals surface area (Å²) in [5.41, 5.74) is 3.86. The Labute approximate surface area is 160 Å². The Morgan fingerprint density at radius 1 is 1.00 bits per heavy atom. The van der Waals surface area contributed by atoms with Crippen LogP contribution in [0.4, 0.5) is 0 Å². The molecule has 0 radical (unpaired) electrons. The molecule has 2 N–H and O–H groups in total. The van der Waals surface area contributed by atoms with Crippen LogP contribution in [0.1, 0.15) is 11.5 Å². The first-order valence-corrected chi connectivity index (χ1v) is 9.22. The van der Waals surface area contributed by atoms with Gasteiger partial charge >= 0.3 is 0 Å². The van der Waals surface area contributed by atoms with Gasteiger partial charge in [-0.2, -0.15) is 0 Å². The number of aromatic hydroxyl groups is 1. The average molecular weight is 384 g/mol. The van der Waals surface area contributed by atoms with Crippen molar-refractivity contribution in [1.82, 2.24) is 5.32 Å². The Morgan fingerprint density at radius 2 is 1.81 bits per heavy atom. The van der Waals surface area contributed by atoms with Crippen molar-refractivity contribution in [2.75, 3.05) is 13.1 Å². The maximum atomic E-state index is 10.5. The van der Waals surface area contributed by atoms with Crippen LogP contribution in [0.5, 0.6) is 5.75 Å². The van der Waals surface area contributed by atoms with E-state index in [0.717, 1.165) is 29.4 Å². The third-order valence-corrected chi connectivity index (χ3v) is 5.69. The van der Waals surface area contributed by atoms with Gasteiger partial charge in [-0.25, -0.2) is 0 Å². The molecule has 2 heterocycles. The molecule has 0 atom stereocenters. The molecule has 0 aliphatic carbocycles. The number of phenolic OH excluding ortho intramolecular Hbond substituents is 1. The second kappa shape index (κ2) is 5.92. The number of furan rings is 1. The van der Waals surface area contributed by atoms with Crippen molar-refractivity contribution in [2.24, 2.45) is 0 Å². The van der Waals surface area contributed by atoms with Gasteiger partial charge in [0.2, 0.25) is 0 Å². The van der Waals surface area contributed by atoms with Crippen molar-refractivity contribution in [3.8, 4) is 16.9 Å². The zero-order valence-corrected chi connectivity index (χ0v) is 15.2. The number of hydrogen-bond acceptors (Lipinski definition) is 3. The molecule has 0 bridgehead atoms. The van der Waals surface area contributed by atoms with Crippen LogP contribution in [0.3, 0.4) is 0 Å². The molecule has 1 saturated heterocycles. The van der Waals surface area contributed by atoms with Gasteiger partial charge in [-0.05, 0) is 29.8 Å². The van der Waals surface area contributed by atoms with E-state index in [4.69, 9.17) is 27.6 Å². The lowest BCUT2D eigenvalue weighted by atomic mass is 9.90. The van der Waals surface area contributed by atoms with Crippen molar-refractivity contribution in [3.63, 3.8) is 0 Å². The van der Waals surface area contributed by atoms with Crippen LogP contribution >= 0.6 is 23.2 Å². The maximum Gasteiger partial charge on any atom is 0.146 e. The van der Waals surface area contributed by atoms with Crippen LogP contribution in [-0.2, 0) is 0 Å². The van der Waals surface area contributed by atoms with Crippen LogP contribution in [-0.4, -0.2) is 18.2 Å². The zero-order valence-electron chi connectivity index (χ0n) is 13.7. The summed E-state index contributed by atoms with van der Waals surface area (Å²) in [7, 11) is 0. The Hall–Kier alpha value is -2.20. The van der Waals surface area contributed by atoms with Gasteiger partial charge in [-0.15, -0.1) is 0 Å². The Balaban J connectivity index is 1.84. The number of nitrogens with one attached hydrogen (secondary N) is 1. The quantitative estimate of drug-likeness (QED) is 0.449. The highest BCUT2D eigenvalue weighted by atomic mass is 35.5. The number of halogens is 2. The van der Waals surface area contributed by atoms with Gasteiger partial charge < -0.3 is 14.8 Å². The number of benzene rings is 3. The van der Waals surface area contributed by atoms with E-state index in [1.165, 1.54) is 5.56 Å². The predicted molar refractivity (Wildman–Crippen MR) is 106 cm³/mol. The maximum absolute atomic E-state index is 10.5. The van der Waals surface area contributed by atoms with Crippen molar-refractivity contribution < 1.29 is 9.52 Å². The molecule has 1 aromatic heterocycles. The van der Waals surface area contributed by atoms with Crippen molar-refractivity contribution in [3.05, 3.63) is 64.1 Å². The SMILES string of the molecule is Oc1ccc(C2CNC2)cc1-c1c(Cl)cc(Cl)c2c1oc1ccccc12. The Bertz CT molecular complexity index is 1160. The highest BCUT2D eigenvalue weighted by Crippen LogP contribution is 2.46. The molecule has 0 saturated carbocycles. The average Bonchev–Trinajstić information content (AvgIpc) is 2.95. The standard InChI is InChI=1S/C21H15Cl2NO2/c22-15-8-16(23)20(21-19(15)13-3-1-2-4-18(13)26-21)14-7-11(5-6-17(14)25)12-9-24-10-12/h1-8,12,24-25H,9-10H2. The summed E-state index contributed by atoms with van der Waals surface area (Å²) in [6, 6.07) is 15.2. The zero-order chi connectivity index (χ0) is 17.8. The molecular weight excluding hydrogens is 369 g/mol. The van der Waals surface area contributed by atoms with Crippen LogP contribution in [0, 0.1) is 0 Å². The van der Waals surface area contributed by atoms with Gasteiger partial charge in [-0.3, -0.25) is 0 Å². The minimum Gasteiger partial charge on any atom is -0.507 e. The lowest BCUT2D eigenvalue weighted by Gasteiger charge is -2.28. The molecule has 0 amide bonds. The van der Waals surface area contributed by atoms with Crippen molar-refractivity contribution in [1.29, 1.82) is 0 Å². The normalized spacial score (nSPS) is 14.8. The van der Waals surface area contributed by atoms with E-state index in [1.807, 2.05) is 36.4 Å². The van der Waals surface area contributed by atoms with Gasteiger partial charge in [0.25, 0.3) is 0 Å². The van der Waals surface area contributed by atoms with E-state index in [9.17, 15) is 5.11 Å². The summed E-state index contributed by atoms with van der Waals surface area (Å²) in [6.45, 7) is 1.89. The number of hydrogen-bond donors (Lipinski definition) is 2. The van der Waals surface area contributed by atoms with E-state index in [1.54, 1.807) is 12.1 Å². The van der Waals surface area contributed by atoms with Crippen LogP contribution in [0.2, 0.25) is 10.0 Å². The van der Waals surface area contributed by atoms with E-state index in [-0.39, 0.29) is 5.75 Å². The molecular formula is C21H15Cl2NO2. The topological polar surface area (TPSA) is 45.4 Å². The molecule has 1 aliphatic rings. The molecule has 0 spiro atoms. The monoisotopic (exact) mass is 383 g/mol. The van der Waals surface area contributed by atoms with Gasteiger partial charge in [-0.1, -0.05) is 47.5 Å². The minimum atomic E-state index is 0.173. The molecule has 3 nitrogen and oxygen atoms in total. The summed E-state index contributed by atoms with van der Waals surface area (Å²) in [5.74, 6) is 0.624. The van der Waals surface area contributed by atoms with Gasteiger partial charge in [0, 0.05) is 40.9 Å². The van der Waals surface area contributed by atoms with E-state index < -0.39 is 0 Å². The summed E-state index contributed by atoms with van der Waals surface area (Å²) in [4.78, 5) is 0. The lowest BCUT2D eigenvalue weighted by molar-refractivity contribution is 0.446. The first-order chi connectivity index (χ1) is 12.6. The molecule has 5 rings (SSSR count). The molecule has 3 aromatic carbocycles. The highest BCUT2D eigenvalue weighted by molar-refractivity contribution is 6.42. The van der Waals surface area contributed by atoms with E-state index >= 15 is 0 Å². The van der Waals surface area contributed by atoms with Crippen molar-refractivity contribution >= 4 is 45.1 Å². The minimum absolute atomic E-state index is 0.173. The van der Waals surface area contributed by atoms with Gasteiger partial charge in [0.05, 0.1) is 10.0 Å². The summed E-state index contributed by atoms with van der Waals surface area (Å²) >= 11 is 13.0. The molecule has 0 unspecified atom stereocenters. The molecule has 1 fully saturated rings. The third kappa shape index (κ3) is 2.32. The van der Waals surface area contributed by atoms with Gasteiger partial charge in [0.15, 0.2) is 0 Å². The predicted octanol–water partition coefficient (Wildman–Crippen LogP) is 5.95. The first kappa shape index (κ1) is 16.0. The fourth-order valence-corrected chi connectivity index (χ4v) is 4.26. The molecule has 26 heavy (non-hydrogen) atoms. The number of fused-ring (bicyclic) bond motifs is 3. The largest absolute Gasteiger partial charge is 0.507 e. The summed E-state index contributed by atoms with van der Waals surface area (Å²) in [6.07, 6.45) is 0. The molecule has 5 heteroatoms. The first-order valence-electron chi connectivity index (χ1n) is 8.46. The van der Waals surface area contributed by atoms with Crippen LogP contribution in [0.25, 0.3) is 33.1 Å². The lowest BCUT2D eigenvalue weighted by Crippen LogP contribution is -2.39. The Kier molecular flexibility index (Phi) is 3.64. The second-order valence-electron chi connectivity index (χ2n) is 6.65. The second-order valence-corrected chi connectivity index (χ2v) is 7.46. The smallest absolute Gasteiger partial charge is 0.146 e. The molecule has 1 aliphatic heterocycles.